The van der Waals surface area contributed by atoms with Gasteiger partial charge in [0, 0.05) is 24.2 Å². The zero-order valence-electron chi connectivity index (χ0n) is 11.7. The van der Waals surface area contributed by atoms with Gasteiger partial charge in [-0.15, -0.1) is 0 Å². The number of hydrogen-bond donors (Lipinski definition) is 2. The van der Waals surface area contributed by atoms with E-state index in [1.54, 1.807) is 24.3 Å². The lowest BCUT2D eigenvalue weighted by Crippen LogP contribution is -2.40. The second-order valence-corrected chi connectivity index (χ2v) is 5.68. The first-order valence-corrected chi connectivity index (χ1v) is 7.40. The van der Waals surface area contributed by atoms with E-state index in [0.29, 0.717) is 29.3 Å². The molecule has 2 rings (SSSR count). The van der Waals surface area contributed by atoms with Gasteiger partial charge in [0.2, 0.25) is 0 Å². The van der Waals surface area contributed by atoms with E-state index in [-0.39, 0.29) is 6.61 Å². The topological polar surface area (TPSA) is 50.7 Å². The minimum Gasteiger partial charge on any atom is -0.491 e. The number of hydrogen-bond acceptors (Lipinski definition) is 4. The third-order valence-electron chi connectivity index (χ3n) is 3.60. The fourth-order valence-corrected chi connectivity index (χ4v) is 2.34. The van der Waals surface area contributed by atoms with Crippen molar-refractivity contribution in [1.29, 1.82) is 0 Å². The summed E-state index contributed by atoms with van der Waals surface area (Å²) in [6.45, 7) is 4.57. The molecule has 1 fully saturated rings. The Labute approximate surface area is 125 Å². The molecule has 0 bridgehead atoms. The van der Waals surface area contributed by atoms with Gasteiger partial charge in [-0.2, -0.15) is 0 Å². The minimum absolute atomic E-state index is 0.266. The number of halogens is 1. The molecule has 0 spiro atoms. The quantitative estimate of drug-likeness (QED) is 0.809. The van der Waals surface area contributed by atoms with Crippen LogP contribution in [-0.2, 0) is 4.74 Å². The van der Waals surface area contributed by atoms with Crippen LogP contribution in [0.5, 0.6) is 5.75 Å². The molecule has 1 aliphatic heterocycles. The molecule has 3 unspecified atom stereocenters. The molecule has 0 aliphatic carbocycles. The van der Waals surface area contributed by atoms with Crippen LogP contribution in [0.3, 0.4) is 0 Å². The molecule has 5 heteroatoms. The van der Waals surface area contributed by atoms with Crippen LogP contribution < -0.4 is 10.1 Å². The van der Waals surface area contributed by atoms with E-state index < -0.39 is 6.10 Å². The van der Waals surface area contributed by atoms with Gasteiger partial charge >= 0.3 is 0 Å². The number of aliphatic hydroxyl groups is 1. The number of aliphatic hydroxyl groups excluding tert-OH is 1. The van der Waals surface area contributed by atoms with Crippen molar-refractivity contribution >= 4 is 11.6 Å². The molecule has 2 N–H and O–H groups in total. The SMILES string of the molecule is CC(NCC(O)COc1ccc(Cl)cc1)C1CCOC1. The lowest BCUT2D eigenvalue weighted by Gasteiger charge is -2.21. The first kappa shape index (κ1) is 15.6. The van der Waals surface area contributed by atoms with Crippen LogP contribution in [0.2, 0.25) is 5.02 Å². The Morgan fingerprint density at radius 3 is 2.85 bits per heavy atom. The fraction of sp³-hybridized carbons (Fsp3) is 0.600. The molecule has 0 aromatic heterocycles. The Morgan fingerprint density at radius 1 is 1.45 bits per heavy atom. The summed E-state index contributed by atoms with van der Waals surface area (Å²) in [5, 5.41) is 13.9. The fourth-order valence-electron chi connectivity index (χ4n) is 2.22. The van der Waals surface area contributed by atoms with Crippen LogP contribution >= 0.6 is 11.6 Å². The number of benzene rings is 1. The predicted molar refractivity (Wildman–Crippen MR) is 79.3 cm³/mol. The second kappa shape index (κ2) is 7.84. The molecule has 1 aromatic rings. The van der Waals surface area contributed by atoms with Gasteiger partial charge in [0.05, 0.1) is 6.61 Å². The van der Waals surface area contributed by atoms with Crippen LogP contribution in [0.25, 0.3) is 0 Å². The molecule has 4 nitrogen and oxygen atoms in total. The Bertz CT molecular complexity index is 393. The van der Waals surface area contributed by atoms with Crippen LogP contribution in [0.15, 0.2) is 24.3 Å². The zero-order chi connectivity index (χ0) is 14.4. The van der Waals surface area contributed by atoms with Gasteiger partial charge in [-0.25, -0.2) is 0 Å². The maximum Gasteiger partial charge on any atom is 0.119 e. The van der Waals surface area contributed by atoms with Gasteiger partial charge in [0.1, 0.15) is 18.5 Å². The summed E-state index contributed by atoms with van der Waals surface area (Å²) < 4.78 is 10.9. The minimum atomic E-state index is -0.532. The van der Waals surface area contributed by atoms with E-state index in [0.717, 1.165) is 19.6 Å². The zero-order valence-corrected chi connectivity index (χ0v) is 12.5. The van der Waals surface area contributed by atoms with Gasteiger partial charge in [-0.3, -0.25) is 0 Å². The van der Waals surface area contributed by atoms with Crippen molar-refractivity contribution < 1.29 is 14.6 Å². The Morgan fingerprint density at radius 2 is 2.20 bits per heavy atom. The van der Waals surface area contributed by atoms with Gasteiger partial charge in [-0.1, -0.05) is 11.6 Å². The first-order valence-electron chi connectivity index (χ1n) is 7.02. The summed E-state index contributed by atoms with van der Waals surface area (Å²) in [7, 11) is 0. The summed E-state index contributed by atoms with van der Waals surface area (Å²) in [6.07, 6.45) is 0.557. The molecule has 3 atom stereocenters. The maximum absolute atomic E-state index is 9.91. The average Bonchev–Trinajstić information content (AvgIpc) is 2.98. The standard InChI is InChI=1S/C15H22ClNO3/c1-11(12-6-7-19-9-12)17-8-14(18)10-20-15-4-2-13(16)3-5-15/h2-5,11-12,14,17-18H,6-10H2,1H3. The number of rotatable bonds is 7. The van der Waals surface area contributed by atoms with E-state index in [4.69, 9.17) is 21.1 Å². The van der Waals surface area contributed by atoms with Crippen LogP contribution in [0.1, 0.15) is 13.3 Å². The monoisotopic (exact) mass is 299 g/mol. The first-order chi connectivity index (χ1) is 9.65. The van der Waals surface area contributed by atoms with Gasteiger partial charge in [0.15, 0.2) is 0 Å². The van der Waals surface area contributed by atoms with Crippen molar-refractivity contribution in [2.45, 2.75) is 25.5 Å². The van der Waals surface area contributed by atoms with E-state index in [9.17, 15) is 5.11 Å². The number of nitrogens with one attached hydrogen (secondary N) is 1. The van der Waals surface area contributed by atoms with Crippen molar-refractivity contribution in [2.24, 2.45) is 5.92 Å². The predicted octanol–water partition coefficient (Wildman–Crippen LogP) is 2.09. The summed E-state index contributed by atoms with van der Waals surface area (Å²) in [5.41, 5.74) is 0. The second-order valence-electron chi connectivity index (χ2n) is 5.24. The molecule has 1 aliphatic rings. The van der Waals surface area contributed by atoms with Crippen molar-refractivity contribution in [3.05, 3.63) is 29.3 Å². The highest BCUT2D eigenvalue weighted by molar-refractivity contribution is 6.30. The molecule has 20 heavy (non-hydrogen) atoms. The molecule has 112 valence electrons. The number of ether oxygens (including phenoxy) is 2. The molecule has 1 heterocycles. The third-order valence-corrected chi connectivity index (χ3v) is 3.86. The smallest absolute Gasteiger partial charge is 0.119 e. The van der Waals surface area contributed by atoms with Crippen molar-refractivity contribution in [1.82, 2.24) is 5.32 Å². The van der Waals surface area contributed by atoms with Crippen LogP contribution in [0.4, 0.5) is 0 Å². The summed E-state index contributed by atoms with van der Waals surface area (Å²) in [5.74, 6) is 1.25. The van der Waals surface area contributed by atoms with E-state index in [1.807, 2.05) is 0 Å². The van der Waals surface area contributed by atoms with Crippen molar-refractivity contribution in [2.75, 3.05) is 26.4 Å². The average molecular weight is 300 g/mol. The molecule has 0 amide bonds. The summed E-state index contributed by atoms with van der Waals surface area (Å²) in [4.78, 5) is 0. The highest BCUT2D eigenvalue weighted by atomic mass is 35.5. The van der Waals surface area contributed by atoms with Crippen LogP contribution in [-0.4, -0.2) is 43.6 Å². The molecule has 0 radical (unpaired) electrons. The molecule has 0 saturated carbocycles. The van der Waals surface area contributed by atoms with E-state index >= 15 is 0 Å². The normalized spacial score (nSPS) is 21.6. The lowest BCUT2D eigenvalue weighted by atomic mass is 10.0. The van der Waals surface area contributed by atoms with Gasteiger partial charge < -0.3 is 19.9 Å². The maximum atomic E-state index is 9.91. The molecule has 1 saturated heterocycles. The van der Waals surface area contributed by atoms with Gasteiger partial charge in [0.25, 0.3) is 0 Å². The Hall–Kier alpha value is -0.810. The van der Waals surface area contributed by atoms with Crippen LogP contribution in [0, 0.1) is 5.92 Å². The van der Waals surface area contributed by atoms with Crippen molar-refractivity contribution in [3.63, 3.8) is 0 Å². The Balaban J connectivity index is 1.64. The highest BCUT2D eigenvalue weighted by Crippen LogP contribution is 2.17. The largest absolute Gasteiger partial charge is 0.491 e. The van der Waals surface area contributed by atoms with E-state index in [1.165, 1.54) is 0 Å². The highest BCUT2D eigenvalue weighted by Gasteiger charge is 2.22. The van der Waals surface area contributed by atoms with Crippen molar-refractivity contribution in [3.8, 4) is 5.75 Å². The molecular formula is C15H22ClNO3. The van der Waals surface area contributed by atoms with E-state index in [2.05, 4.69) is 12.2 Å². The Kier molecular flexibility index (Phi) is 6.10. The van der Waals surface area contributed by atoms with Gasteiger partial charge in [-0.05, 0) is 43.5 Å². The summed E-state index contributed by atoms with van der Waals surface area (Å²) >= 11 is 5.80. The molecule has 1 aromatic carbocycles. The summed E-state index contributed by atoms with van der Waals surface area (Å²) in [6, 6.07) is 7.47. The third kappa shape index (κ3) is 4.94. The molecular weight excluding hydrogens is 278 g/mol. The lowest BCUT2D eigenvalue weighted by molar-refractivity contribution is 0.100.